The first-order valence-corrected chi connectivity index (χ1v) is 1.75. The van der Waals surface area contributed by atoms with Crippen LogP contribution in [0.15, 0.2) is 0 Å². The molecule has 0 radical (unpaired) electrons. The maximum absolute atomic E-state index is 10.0. The predicted octanol–water partition coefficient (Wildman–Crippen LogP) is 0.739. The second-order valence-corrected chi connectivity index (χ2v) is 1.21. The lowest BCUT2D eigenvalue weighted by Crippen LogP contribution is -2.07. The average molecular weight is 71.1 g/mol. The third-order valence-corrected chi connectivity index (χ3v) is 0.763. The molecule has 0 amide bonds. The molecule has 1 atom stereocenters. The van der Waals surface area contributed by atoms with Crippen LogP contribution in [0, 0.1) is 0 Å². The van der Waals surface area contributed by atoms with Crippen molar-refractivity contribution < 1.29 is 6.17 Å². The molecule has 1 nitrogen and oxygen atoms in total. The summed E-state index contributed by atoms with van der Waals surface area (Å²) in [5.74, 6) is 0.106. The van der Waals surface area contributed by atoms with Gasteiger partial charge in [-0.05, 0) is 6.42 Å². The van der Waals surface area contributed by atoms with Gasteiger partial charge in [0.2, 0.25) is 0 Å². The molecular formula is C4H6O. The van der Waals surface area contributed by atoms with E-state index in [0.717, 1.165) is 6.42 Å². The Hall–Kier alpha value is -0.330. The molecule has 0 bridgehead atoms. The normalized spacial score (nSPS) is 39.6. The Morgan fingerprint density at radius 3 is 2.60 bits per heavy atom. The Bertz CT molecular complexity index is 79.6. The first-order valence-electron chi connectivity index (χ1n) is 2.33. The molecule has 0 saturated heterocycles. The summed E-state index contributed by atoms with van der Waals surface area (Å²) >= 11 is 0. The minimum atomic E-state index is -0.356. The van der Waals surface area contributed by atoms with E-state index in [1.165, 1.54) is 0 Å². The topological polar surface area (TPSA) is 17.1 Å². The standard InChI is InChI=1S/C4H6O/c5-4-2-1-3-4/h1-3H2/i2D. The quantitative estimate of drug-likeness (QED) is 0.411. The van der Waals surface area contributed by atoms with E-state index in [1.54, 1.807) is 0 Å². The van der Waals surface area contributed by atoms with Crippen molar-refractivity contribution in [3.63, 3.8) is 0 Å². The van der Waals surface area contributed by atoms with E-state index in [2.05, 4.69) is 0 Å². The summed E-state index contributed by atoms with van der Waals surface area (Å²) in [4.78, 5) is 10.0. The Morgan fingerprint density at radius 1 is 2.00 bits per heavy atom. The maximum Gasteiger partial charge on any atom is 0.132 e. The van der Waals surface area contributed by atoms with E-state index >= 15 is 0 Å². The van der Waals surface area contributed by atoms with Crippen LogP contribution in [0.3, 0.4) is 0 Å². The molecule has 1 aliphatic rings. The molecule has 5 heavy (non-hydrogen) atoms. The third kappa shape index (κ3) is 0.318. The minimum absolute atomic E-state index is 0.106. The van der Waals surface area contributed by atoms with E-state index in [9.17, 15) is 4.79 Å². The van der Waals surface area contributed by atoms with Crippen LogP contribution in [-0.4, -0.2) is 5.78 Å². The Balaban J connectivity index is 2.39. The van der Waals surface area contributed by atoms with Gasteiger partial charge in [-0.25, -0.2) is 0 Å². The Morgan fingerprint density at radius 2 is 2.60 bits per heavy atom. The number of hydrogen-bond acceptors (Lipinski definition) is 1. The molecule has 28 valence electrons. The van der Waals surface area contributed by atoms with Crippen molar-refractivity contribution in [3.05, 3.63) is 0 Å². The summed E-state index contributed by atoms with van der Waals surface area (Å²) in [7, 11) is 0. The van der Waals surface area contributed by atoms with Gasteiger partial charge in [0, 0.05) is 14.2 Å². The number of carbonyl (C=O) groups excluding carboxylic acids is 1. The van der Waals surface area contributed by atoms with E-state index in [-0.39, 0.29) is 12.2 Å². The summed E-state index contributed by atoms with van der Waals surface area (Å²) in [5, 5.41) is 0. The maximum atomic E-state index is 10.0. The van der Waals surface area contributed by atoms with Crippen LogP contribution in [-0.2, 0) is 4.79 Å². The Labute approximate surface area is 32.4 Å². The van der Waals surface area contributed by atoms with E-state index in [4.69, 9.17) is 1.37 Å². The molecular weight excluding hydrogens is 64.0 g/mol. The smallest absolute Gasteiger partial charge is 0.132 e. The Kier molecular flexibility index (Phi) is 0.318. The first-order chi connectivity index (χ1) is 2.80. The zero-order valence-electron chi connectivity index (χ0n) is 3.90. The van der Waals surface area contributed by atoms with Gasteiger partial charge in [-0.3, -0.25) is 4.79 Å². The number of ketones is 1. The van der Waals surface area contributed by atoms with Crippen LogP contribution >= 0.6 is 0 Å². The van der Waals surface area contributed by atoms with E-state index < -0.39 is 0 Å². The first kappa shape index (κ1) is 1.96. The van der Waals surface area contributed by atoms with Crippen molar-refractivity contribution in [3.8, 4) is 0 Å². The van der Waals surface area contributed by atoms with Gasteiger partial charge in [-0.2, -0.15) is 0 Å². The van der Waals surface area contributed by atoms with Crippen molar-refractivity contribution in [1.29, 1.82) is 0 Å². The third-order valence-electron chi connectivity index (χ3n) is 0.763. The van der Waals surface area contributed by atoms with Crippen LogP contribution in [0.5, 0.6) is 0 Å². The summed E-state index contributed by atoms with van der Waals surface area (Å²) in [6.45, 7) is 0. The molecule has 0 aromatic heterocycles. The second kappa shape index (κ2) is 0.814. The van der Waals surface area contributed by atoms with Gasteiger partial charge < -0.3 is 0 Å². The van der Waals surface area contributed by atoms with E-state index in [1.807, 2.05) is 0 Å². The highest BCUT2D eigenvalue weighted by Crippen LogP contribution is 2.10. The molecule has 0 spiro atoms. The van der Waals surface area contributed by atoms with Gasteiger partial charge in [0.25, 0.3) is 0 Å². The molecule has 0 N–H and O–H groups in total. The van der Waals surface area contributed by atoms with Crippen molar-refractivity contribution in [2.75, 3.05) is 0 Å². The molecule has 0 aromatic carbocycles. The predicted molar refractivity (Wildman–Crippen MR) is 18.9 cm³/mol. The van der Waals surface area contributed by atoms with Crippen molar-refractivity contribution in [1.82, 2.24) is 0 Å². The number of Topliss-reactive ketones (excluding diaryl/α,β-unsaturated/α-hetero) is 1. The van der Waals surface area contributed by atoms with E-state index in [0.29, 0.717) is 6.42 Å². The second-order valence-electron chi connectivity index (χ2n) is 1.21. The summed E-state index contributed by atoms with van der Waals surface area (Å²) in [6, 6.07) is 0. The van der Waals surface area contributed by atoms with Gasteiger partial charge in [0.05, 0.1) is 0 Å². The highest BCUT2D eigenvalue weighted by atomic mass is 16.1. The molecule has 1 heteroatoms. The van der Waals surface area contributed by atoms with Crippen LogP contribution < -0.4 is 0 Å². The fraction of sp³-hybridized carbons (Fsp3) is 0.750. The molecule has 1 fully saturated rings. The number of rotatable bonds is 0. The fourth-order valence-electron chi connectivity index (χ4n) is 0.262. The lowest BCUT2D eigenvalue weighted by Gasteiger charge is -2.05. The molecule has 0 aromatic rings. The minimum Gasteiger partial charge on any atom is -0.300 e. The molecule has 1 unspecified atom stereocenters. The van der Waals surface area contributed by atoms with Crippen molar-refractivity contribution in [2.45, 2.75) is 19.2 Å². The van der Waals surface area contributed by atoms with Crippen molar-refractivity contribution in [2.24, 2.45) is 0 Å². The zero-order chi connectivity index (χ0) is 4.57. The van der Waals surface area contributed by atoms with Gasteiger partial charge in [-0.1, -0.05) is 0 Å². The lowest BCUT2D eigenvalue weighted by molar-refractivity contribution is -0.123. The van der Waals surface area contributed by atoms with Crippen LogP contribution in [0.4, 0.5) is 0 Å². The van der Waals surface area contributed by atoms with Gasteiger partial charge >= 0.3 is 0 Å². The van der Waals surface area contributed by atoms with Gasteiger partial charge in [-0.15, -0.1) is 0 Å². The largest absolute Gasteiger partial charge is 0.300 e. The van der Waals surface area contributed by atoms with Crippen LogP contribution in [0.25, 0.3) is 0 Å². The van der Waals surface area contributed by atoms with Crippen LogP contribution in [0.1, 0.15) is 20.6 Å². The van der Waals surface area contributed by atoms with Crippen LogP contribution in [0.2, 0.25) is 0 Å². The SMILES string of the molecule is [2H]C1CCC1=O. The summed E-state index contributed by atoms with van der Waals surface area (Å²) < 4.78 is 6.77. The van der Waals surface area contributed by atoms with Gasteiger partial charge in [0.1, 0.15) is 5.78 Å². The molecule has 1 rings (SSSR count). The summed E-state index contributed by atoms with van der Waals surface area (Å²) in [6.07, 6.45) is 1.08. The summed E-state index contributed by atoms with van der Waals surface area (Å²) in [5.41, 5.74) is 0. The molecule has 0 heterocycles. The molecule has 1 aliphatic carbocycles. The average Bonchev–Trinajstić information content (AvgIpc) is 1.61. The fourth-order valence-corrected chi connectivity index (χ4v) is 0.262. The monoisotopic (exact) mass is 71.0 g/mol. The highest BCUT2D eigenvalue weighted by molar-refractivity contribution is 5.83. The van der Waals surface area contributed by atoms with Gasteiger partial charge in [0.15, 0.2) is 0 Å². The number of carbonyl (C=O) groups is 1. The zero-order valence-corrected chi connectivity index (χ0v) is 2.90. The highest BCUT2D eigenvalue weighted by Gasteiger charge is 2.09. The van der Waals surface area contributed by atoms with Crippen molar-refractivity contribution >= 4 is 5.78 Å². The molecule has 0 aliphatic heterocycles. The molecule has 1 saturated carbocycles. The number of hydrogen-bond donors (Lipinski definition) is 0. The lowest BCUT2D eigenvalue weighted by atomic mass is 9.99.